The normalized spacial score (nSPS) is 10.3. The van der Waals surface area contributed by atoms with Gasteiger partial charge in [0, 0.05) is 13.0 Å². The van der Waals surface area contributed by atoms with E-state index in [1.165, 1.54) is 0 Å². The summed E-state index contributed by atoms with van der Waals surface area (Å²) in [5, 5.41) is 8.82. The minimum Gasteiger partial charge on any atom is -0.494 e. The molecule has 0 aliphatic heterocycles. The number of unbranched alkanes of at least 4 members (excludes halogenated alkanes) is 2. The lowest BCUT2D eigenvalue weighted by Gasteiger charge is -2.07. The Hall–Kier alpha value is -1.55. The highest BCUT2D eigenvalue weighted by Gasteiger charge is 2.01. The Labute approximate surface area is 120 Å². The summed E-state index contributed by atoms with van der Waals surface area (Å²) >= 11 is 0. The molecule has 1 aromatic rings. The van der Waals surface area contributed by atoms with Crippen LogP contribution in [0.15, 0.2) is 24.3 Å². The van der Waals surface area contributed by atoms with Gasteiger partial charge in [-0.05, 0) is 50.3 Å². The lowest BCUT2D eigenvalue weighted by Crippen LogP contribution is -2.04. The fraction of sp³-hybridized carbons (Fsp3) is 0.562. The average molecular weight is 280 g/mol. The Bertz CT molecular complexity index is 373. The number of benzene rings is 1. The fourth-order valence-corrected chi connectivity index (χ4v) is 1.85. The molecule has 0 spiro atoms. The molecule has 0 radical (unpaired) electrons. The van der Waals surface area contributed by atoms with Crippen molar-refractivity contribution in [1.82, 2.24) is 0 Å². The Morgan fingerprint density at radius 1 is 1.15 bits per heavy atom. The molecule has 0 heterocycles. The van der Waals surface area contributed by atoms with Gasteiger partial charge in [0.25, 0.3) is 0 Å². The second-order valence-corrected chi connectivity index (χ2v) is 4.58. The lowest BCUT2D eigenvalue weighted by atomic mass is 10.1. The Morgan fingerprint density at radius 2 is 1.90 bits per heavy atom. The third-order valence-corrected chi connectivity index (χ3v) is 2.92. The van der Waals surface area contributed by atoms with Gasteiger partial charge in [0.2, 0.25) is 0 Å². The van der Waals surface area contributed by atoms with E-state index in [1.54, 1.807) is 0 Å². The lowest BCUT2D eigenvalue weighted by molar-refractivity contribution is -0.143. The standard InChI is InChI=1S/C16H24O4/c1-2-19-16(18)6-4-3-5-13-20-15-9-7-14(8-10-15)11-12-17/h7-10,17H,2-6,11-13H2,1H3. The maximum Gasteiger partial charge on any atom is 0.305 e. The molecule has 0 saturated carbocycles. The monoisotopic (exact) mass is 280 g/mol. The van der Waals surface area contributed by atoms with Crippen LogP contribution in [-0.4, -0.2) is 30.9 Å². The molecule has 0 amide bonds. The molecular weight excluding hydrogens is 256 g/mol. The van der Waals surface area contributed by atoms with Crippen molar-refractivity contribution in [2.24, 2.45) is 0 Å². The van der Waals surface area contributed by atoms with E-state index in [0.29, 0.717) is 26.1 Å². The first-order valence-corrected chi connectivity index (χ1v) is 7.24. The van der Waals surface area contributed by atoms with Gasteiger partial charge < -0.3 is 14.6 Å². The van der Waals surface area contributed by atoms with Gasteiger partial charge >= 0.3 is 5.97 Å². The molecule has 0 aliphatic carbocycles. The first kappa shape index (κ1) is 16.5. The molecule has 112 valence electrons. The maximum absolute atomic E-state index is 11.1. The highest BCUT2D eigenvalue weighted by molar-refractivity contribution is 5.69. The Balaban J connectivity index is 2.07. The molecule has 20 heavy (non-hydrogen) atoms. The van der Waals surface area contributed by atoms with Crippen molar-refractivity contribution in [2.45, 2.75) is 39.0 Å². The predicted molar refractivity (Wildman–Crippen MR) is 77.8 cm³/mol. The molecule has 0 saturated heterocycles. The summed E-state index contributed by atoms with van der Waals surface area (Å²) in [6, 6.07) is 7.77. The minimum absolute atomic E-state index is 0.118. The van der Waals surface area contributed by atoms with Crippen LogP contribution in [0.4, 0.5) is 0 Å². The Kier molecular flexibility index (Phi) is 8.47. The van der Waals surface area contributed by atoms with Crippen molar-refractivity contribution >= 4 is 5.97 Å². The third kappa shape index (κ3) is 7.14. The molecule has 0 unspecified atom stereocenters. The van der Waals surface area contributed by atoms with Crippen molar-refractivity contribution in [1.29, 1.82) is 0 Å². The van der Waals surface area contributed by atoms with Crippen LogP contribution in [0.3, 0.4) is 0 Å². The number of aliphatic hydroxyl groups excluding tert-OH is 1. The van der Waals surface area contributed by atoms with Crippen LogP contribution < -0.4 is 4.74 Å². The number of ether oxygens (including phenoxy) is 2. The first-order chi connectivity index (χ1) is 9.76. The summed E-state index contributed by atoms with van der Waals surface area (Å²) < 4.78 is 10.5. The second-order valence-electron chi connectivity index (χ2n) is 4.58. The number of hydrogen-bond acceptors (Lipinski definition) is 4. The summed E-state index contributed by atoms with van der Waals surface area (Å²) in [6.07, 6.45) is 3.90. The predicted octanol–water partition coefficient (Wildman–Crippen LogP) is 2.72. The molecule has 1 aromatic carbocycles. The molecule has 1 rings (SSSR count). The SMILES string of the molecule is CCOC(=O)CCCCCOc1ccc(CCO)cc1. The fourth-order valence-electron chi connectivity index (χ4n) is 1.85. The van der Waals surface area contributed by atoms with Gasteiger partial charge in [-0.2, -0.15) is 0 Å². The van der Waals surface area contributed by atoms with Gasteiger partial charge in [-0.25, -0.2) is 0 Å². The van der Waals surface area contributed by atoms with Crippen molar-refractivity contribution in [3.8, 4) is 5.75 Å². The van der Waals surface area contributed by atoms with Crippen LogP contribution in [0.2, 0.25) is 0 Å². The molecule has 0 atom stereocenters. The number of aliphatic hydroxyl groups is 1. The summed E-state index contributed by atoms with van der Waals surface area (Å²) in [4.78, 5) is 11.1. The average Bonchev–Trinajstić information content (AvgIpc) is 2.45. The molecule has 0 fully saturated rings. The largest absolute Gasteiger partial charge is 0.494 e. The number of hydrogen-bond donors (Lipinski definition) is 1. The van der Waals surface area contributed by atoms with Gasteiger partial charge in [-0.3, -0.25) is 4.79 Å². The number of esters is 1. The van der Waals surface area contributed by atoms with E-state index in [2.05, 4.69) is 0 Å². The van der Waals surface area contributed by atoms with Crippen LogP contribution in [0.1, 0.15) is 38.2 Å². The molecule has 4 nitrogen and oxygen atoms in total. The van der Waals surface area contributed by atoms with Gasteiger partial charge in [-0.15, -0.1) is 0 Å². The highest BCUT2D eigenvalue weighted by atomic mass is 16.5. The molecular formula is C16H24O4. The van der Waals surface area contributed by atoms with Crippen LogP contribution >= 0.6 is 0 Å². The van der Waals surface area contributed by atoms with Crippen LogP contribution in [0.25, 0.3) is 0 Å². The van der Waals surface area contributed by atoms with Crippen molar-refractivity contribution in [3.63, 3.8) is 0 Å². The van der Waals surface area contributed by atoms with Crippen LogP contribution in [-0.2, 0) is 16.0 Å². The van der Waals surface area contributed by atoms with E-state index in [-0.39, 0.29) is 12.6 Å². The minimum atomic E-state index is -0.118. The topological polar surface area (TPSA) is 55.8 Å². The molecule has 1 N–H and O–H groups in total. The van der Waals surface area contributed by atoms with Gasteiger partial charge in [0.05, 0.1) is 13.2 Å². The number of carbonyl (C=O) groups excluding carboxylic acids is 1. The van der Waals surface area contributed by atoms with Crippen molar-refractivity contribution in [2.75, 3.05) is 19.8 Å². The Morgan fingerprint density at radius 3 is 2.55 bits per heavy atom. The van der Waals surface area contributed by atoms with E-state index in [1.807, 2.05) is 31.2 Å². The highest BCUT2D eigenvalue weighted by Crippen LogP contribution is 2.13. The summed E-state index contributed by atoms with van der Waals surface area (Å²) in [5.74, 6) is 0.727. The number of carbonyl (C=O) groups is 1. The summed E-state index contributed by atoms with van der Waals surface area (Å²) in [5.41, 5.74) is 1.11. The zero-order valence-corrected chi connectivity index (χ0v) is 12.1. The van der Waals surface area contributed by atoms with E-state index in [4.69, 9.17) is 14.6 Å². The van der Waals surface area contributed by atoms with E-state index in [0.717, 1.165) is 30.6 Å². The maximum atomic E-state index is 11.1. The van der Waals surface area contributed by atoms with E-state index >= 15 is 0 Å². The van der Waals surface area contributed by atoms with Crippen LogP contribution in [0.5, 0.6) is 5.75 Å². The quantitative estimate of drug-likeness (QED) is 0.529. The zero-order valence-electron chi connectivity index (χ0n) is 12.1. The number of rotatable bonds is 10. The molecule has 0 aromatic heterocycles. The van der Waals surface area contributed by atoms with Crippen molar-refractivity contribution in [3.05, 3.63) is 29.8 Å². The molecule has 0 bridgehead atoms. The third-order valence-electron chi connectivity index (χ3n) is 2.92. The zero-order chi connectivity index (χ0) is 14.6. The van der Waals surface area contributed by atoms with Gasteiger partial charge in [0.1, 0.15) is 5.75 Å². The van der Waals surface area contributed by atoms with Gasteiger partial charge in [0.15, 0.2) is 0 Å². The first-order valence-electron chi connectivity index (χ1n) is 7.24. The summed E-state index contributed by atoms with van der Waals surface area (Å²) in [6.45, 7) is 3.09. The summed E-state index contributed by atoms with van der Waals surface area (Å²) in [7, 11) is 0. The molecule has 0 aliphatic rings. The second kappa shape index (κ2) is 10.3. The van der Waals surface area contributed by atoms with Crippen LogP contribution in [0, 0.1) is 0 Å². The smallest absolute Gasteiger partial charge is 0.305 e. The van der Waals surface area contributed by atoms with Gasteiger partial charge in [-0.1, -0.05) is 12.1 Å². The van der Waals surface area contributed by atoms with Crippen molar-refractivity contribution < 1.29 is 19.4 Å². The molecule has 4 heteroatoms. The van der Waals surface area contributed by atoms with E-state index in [9.17, 15) is 4.79 Å². The van der Waals surface area contributed by atoms with E-state index < -0.39 is 0 Å².